The largest absolute Gasteiger partial charge is 0.458 e. The number of para-hydroxylation sites is 2. The second-order valence-corrected chi connectivity index (χ2v) is 9.42. The molecule has 0 spiro atoms. The molecule has 1 heterocycles. The Bertz CT molecular complexity index is 1370. The normalized spacial score (nSPS) is 14.8. The number of nitrogens with one attached hydrogen (secondary N) is 1. The molecule has 0 radical (unpaired) electrons. The summed E-state index contributed by atoms with van der Waals surface area (Å²) in [6, 6.07) is 30.5. The SMILES string of the molecule is C=CCOC(=O)C1=C(C)NC(SCC(=O)N(c2ccccc2)c2ccccc2)=C(C#N)[C@@H]1c1ccccc1. The highest BCUT2D eigenvalue weighted by atomic mass is 32.2. The van der Waals surface area contributed by atoms with E-state index >= 15 is 0 Å². The Morgan fingerprint density at radius 1 is 1.00 bits per heavy atom. The predicted molar refractivity (Wildman–Crippen MR) is 151 cm³/mol. The Kier molecular flexibility index (Phi) is 8.81. The first kappa shape index (κ1) is 26.5. The average molecular weight is 522 g/mol. The molecule has 1 atom stereocenters. The zero-order valence-electron chi connectivity index (χ0n) is 21.0. The smallest absolute Gasteiger partial charge is 0.337 e. The molecule has 7 heteroatoms. The summed E-state index contributed by atoms with van der Waals surface area (Å²) in [4.78, 5) is 28.3. The monoisotopic (exact) mass is 521 g/mol. The molecule has 0 fully saturated rings. The van der Waals surface area contributed by atoms with Gasteiger partial charge in [0.2, 0.25) is 5.91 Å². The molecule has 1 aliphatic rings. The maximum absolute atomic E-state index is 13.6. The number of carbonyl (C=O) groups excluding carboxylic acids is 2. The van der Waals surface area contributed by atoms with Gasteiger partial charge in [0.05, 0.1) is 33.9 Å². The third-order valence-electron chi connectivity index (χ3n) is 5.95. The second-order valence-electron chi connectivity index (χ2n) is 8.44. The van der Waals surface area contributed by atoms with Crippen LogP contribution in [0.5, 0.6) is 0 Å². The minimum atomic E-state index is -0.628. The molecule has 3 aromatic carbocycles. The standard InChI is InChI=1S/C31H27N3O3S/c1-3-19-37-31(36)28-22(2)33-30(26(20-32)29(28)23-13-7-4-8-14-23)38-21-27(35)34(24-15-9-5-10-16-24)25-17-11-6-12-18-25/h3-18,29,33H,1,19,21H2,2H3/t29-/m0/s1. The van der Waals surface area contributed by atoms with E-state index in [4.69, 9.17) is 4.74 Å². The third-order valence-corrected chi connectivity index (χ3v) is 6.95. The average Bonchev–Trinajstić information content (AvgIpc) is 2.96. The highest BCUT2D eigenvalue weighted by Gasteiger charge is 2.35. The molecule has 0 bridgehead atoms. The van der Waals surface area contributed by atoms with Crippen molar-refractivity contribution in [3.05, 3.63) is 131 Å². The summed E-state index contributed by atoms with van der Waals surface area (Å²) in [6.07, 6.45) is 1.50. The van der Waals surface area contributed by atoms with Gasteiger partial charge in [-0.05, 0) is 36.8 Å². The molecule has 1 amide bonds. The first-order valence-corrected chi connectivity index (χ1v) is 13.0. The number of hydrogen-bond donors (Lipinski definition) is 1. The highest BCUT2D eigenvalue weighted by molar-refractivity contribution is 8.03. The fourth-order valence-electron chi connectivity index (χ4n) is 4.28. The minimum absolute atomic E-state index is 0.0631. The third kappa shape index (κ3) is 5.88. The van der Waals surface area contributed by atoms with Gasteiger partial charge >= 0.3 is 5.97 Å². The summed E-state index contributed by atoms with van der Waals surface area (Å²) < 4.78 is 5.35. The van der Waals surface area contributed by atoms with Gasteiger partial charge in [0, 0.05) is 17.1 Å². The van der Waals surface area contributed by atoms with Crippen LogP contribution in [-0.2, 0) is 14.3 Å². The van der Waals surface area contributed by atoms with Crippen LogP contribution < -0.4 is 10.2 Å². The van der Waals surface area contributed by atoms with E-state index in [2.05, 4.69) is 18.0 Å². The number of thioether (sulfide) groups is 1. The topological polar surface area (TPSA) is 82.4 Å². The van der Waals surface area contributed by atoms with Crippen LogP contribution in [0.2, 0.25) is 0 Å². The molecule has 4 rings (SSSR count). The molecule has 0 aromatic heterocycles. The first-order chi connectivity index (χ1) is 18.5. The van der Waals surface area contributed by atoms with Crippen molar-refractivity contribution < 1.29 is 14.3 Å². The number of nitriles is 1. The lowest BCUT2D eigenvalue weighted by molar-refractivity contribution is -0.138. The summed E-state index contributed by atoms with van der Waals surface area (Å²) in [5, 5.41) is 14.0. The van der Waals surface area contributed by atoms with Crippen LogP contribution in [0.15, 0.2) is 126 Å². The summed E-state index contributed by atoms with van der Waals surface area (Å²) in [7, 11) is 0. The molecule has 38 heavy (non-hydrogen) atoms. The van der Waals surface area contributed by atoms with Crippen molar-refractivity contribution in [3.63, 3.8) is 0 Å². The summed E-state index contributed by atoms with van der Waals surface area (Å²) in [5.41, 5.74) is 3.58. The summed E-state index contributed by atoms with van der Waals surface area (Å²) in [5.74, 6) is -1.22. The predicted octanol–water partition coefficient (Wildman–Crippen LogP) is 6.21. The van der Waals surface area contributed by atoms with Gasteiger partial charge in [0.15, 0.2) is 0 Å². The summed E-state index contributed by atoms with van der Waals surface area (Å²) in [6.45, 7) is 5.44. The molecule has 3 aromatic rings. The molecule has 6 nitrogen and oxygen atoms in total. The molecule has 1 N–H and O–H groups in total. The maximum Gasteiger partial charge on any atom is 0.337 e. The van der Waals surface area contributed by atoms with E-state index in [1.165, 1.54) is 17.8 Å². The molecule has 190 valence electrons. The van der Waals surface area contributed by atoms with Crippen LogP contribution in [0, 0.1) is 11.3 Å². The van der Waals surface area contributed by atoms with E-state index in [0.29, 0.717) is 21.9 Å². The zero-order valence-corrected chi connectivity index (χ0v) is 21.8. The minimum Gasteiger partial charge on any atom is -0.458 e. The van der Waals surface area contributed by atoms with Crippen LogP contribution in [0.4, 0.5) is 11.4 Å². The number of anilines is 2. The maximum atomic E-state index is 13.6. The Morgan fingerprint density at radius 2 is 1.55 bits per heavy atom. The van der Waals surface area contributed by atoms with Crippen LogP contribution in [0.3, 0.4) is 0 Å². The van der Waals surface area contributed by atoms with Crippen LogP contribution in [-0.4, -0.2) is 24.2 Å². The van der Waals surface area contributed by atoms with Crippen LogP contribution >= 0.6 is 11.8 Å². The van der Waals surface area contributed by atoms with Gasteiger partial charge in [-0.2, -0.15) is 5.26 Å². The zero-order chi connectivity index (χ0) is 26.9. The van der Waals surface area contributed by atoms with Gasteiger partial charge in [-0.25, -0.2) is 4.79 Å². The van der Waals surface area contributed by atoms with Gasteiger partial charge in [-0.1, -0.05) is 91.1 Å². The number of hydrogen-bond acceptors (Lipinski definition) is 6. The van der Waals surface area contributed by atoms with E-state index in [-0.39, 0.29) is 18.3 Å². The Balaban J connectivity index is 1.66. The van der Waals surface area contributed by atoms with Gasteiger partial charge in [-0.15, -0.1) is 0 Å². The summed E-state index contributed by atoms with van der Waals surface area (Å²) >= 11 is 1.24. The lowest BCUT2D eigenvalue weighted by Gasteiger charge is -2.29. The number of dihydropyridines is 1. The van der Waals surface area contributed by atoms with Crippen molar-refractivity contribution in [3.8, 4) is 6.07 Å². The highest BCUT2D eigenvalue weighted by Crippen LogP contribution is 2.41. The lowest BCUT2D eigenvalue weighted by Crippen LogP contribution is -2.31. The molecule has 1 aliphatic heterocycles. The van der Waals surface area contributed by atoms with Crippen molar-refractivity contribution in [2.75, 3.05) is 17.3 Å². The molecule has 0 unspecified atom stereocenters. The number of rotatable bonds is 9. The Morgan fingerprint density at radius 3 is 2.08 bits per heavy atom. The van der Waals surface area contributed by atoms with Gasteiger partial charge in [-0.3, -0.25) is 9.69 Å². The quantitative estimate of drug-likeness (QED) is 0.266. The van der Waals surface area contributed by atoms with Crippen LogP contribution in [0.25, 0.3) is 0 Å². The van der Waals surface area contributed by atoms with Crippen molar-refractivity contribution in [2.24, 2.45) is 0 Å². The van der Waals surface area contributed by atoms with E-state index in [1.54, 1.807) is 11.8 Å². The number of carbonyl (C=O) groups is 2. The van der Waals surface area contributed by atoms with E-state index < -0.39 is 11.9 Å². The number of allylic oxidation sites excluding steroid dienone is 2. The van der Waals surface area contributed by atoms with E-state index in [1.807, 2.05) is 91.0 Å². The van der Waals surface area contributed by atoms with Crippen LogP contribution in [0.1, 0.15) is 18.4 Å². The molecular weight excluding hydrogens is 494 g/mol. The number of esters is 1. The van der Waals surface area contributed by atoms with Crippen molar-refractivity contribution in [1.82, 2.24) is 5.32 Å². The second kappa shape index (κ2) is 12.6. The molecule has 0 saturated heterocycles. The van der Waals surface area contributed by atoms with Crippen molar-refractivity contribution in [2.45, 2.75) is 12.8 Å². The fourth-order valence-corrected chi connectivity index (χ4v) is 5.22. The first-order valence-electron chi connectivity index (χ1n) is 12.1. The van der Waals surface area contributed by atoms with Crippen molar-refractivity contribution in [1.29, 1.82) is 5.26 Å². The number of nitrogens with zero attached hydrogens (tertiary/aromatic N) is 2. The number of ether oxygens (including phenoxy) is 1. The lowest BCUT2D eigenvalue weighted by atomic mass is 9.82. The fraction of sp³-hybridized carbons (Fsp3) is 0.129. The number of amides is 1. The van der Waals surface area contributed by atoms with Gasteiger partial charge in [0.25, 0.3) is 0 Å². The van der Waals surface area contributed by atoms with Gasteiger partial charge in [0.1, 0.15) is 6.61 Å². The Labute approximate surface area is 226 Å². The number of benzene rings is 3. The molecule has 0 saturated carbocycles. The molecule has 0 aliphatic carbocycles. The van der Waals surface area contributed by atoms with Crippen molar-refractivity contribution >= 4 is 35.0 Å². The van der Waals surface area contributed by atoms with E-state index in [9.17, 15) is 14.9 Å². The molecular formula is C31H27N3O3S. The Hall–Kier alpha value is -4.54. The van der Waals surface area contributed by atoms with E-state index in [0.717, 1.165) is 16.9 Å². The van der Waals surface area contributed by atoms with Gasteiger partial charge < -0.3 is 10.1 Å².